The lowest BCUT2D eigenvalue weighted by molar-refractivity contribution is -0.167. The Morgan fingerprint density at radius 2 is 1.37 bits per heavy atom. The first-order valence-electron chi connectivity index (χ1n) is 7.36. The lowest BCUT2D eigenvalue weighted by Crippen LogP contribution is -2.29. The maximum atomic E-state index is 12.8. The van der Waals surface area contributed by atoms with E-state index < -0.39 is 36.4 Å². The Morgan fingerprint density at radius 3 is 1.93 bits per heavy atom. The van der Waals surface area contributed by atoms with Gasteiger partial charge in [-0.2, -0.15) is 13.2 Å². The van der Waals surface area contributed by atoms with Crippen molar-refractivity contribution >= 4 is 29.2 Å². The number of alkyl halides is 3. The first-order valence-corrected chi connectivity index (χ1v) is 7.36. The van der Waals surface area contributed by atoms with Gasteiger partial charge in [0, 0.05) is 11.4 Å². The zero-order valence-corrected chi connectivity index (χ0v) is 13.5. The Balaban J connectivity index is 1.85. The van der Waals surface area contributed by atoms with E-state index in [1.54, 1.807) is 5.32 Å². The molecule has 2 aromatic carbocycles. The van der Waals surface area contributed by atoms with E-state index in [-0.39, 0.29) is 11.3 Å². The number of halogens is 4. The van der Waals surface area contributed by atoms with Gasteiger partial charge in [0.15, 0.2) is 6.61 Å². The molecule has 6 nitrogen and oxygen atoms in total. The van der Waals surface area contributed by atoms with Gasteiger partial charge in [-0.05, 0) is 48.5 Å². The number of nitrogens with one attached hydrogen (secondary N) is 2. The van der Waals surface area contributed by atoms with Crippen LogP contribution in [0.1, 0.15) is 10.4 Å². The highest BCUT2D eigenvalue weighted by Gasteiger charge is 2.38. The minimum atomic E-state index is -5.03. The molecule has 2 N–H and O–H groups in total. The van der Waals surface area contributed by atoms with E-state index >= 15 is 0 Å². The van der Waals surface area contributed by atoms with E-state index in [2.05, 4.69) is 5.32 Å². The second-order valence-corrected chi connectivity index (χ2v) is 5.16. The number of carbonyl (C=O) groups is 3. The molecule has 0 aromatic heterocycles. The lowest BCUT2D eigenvalue weighted by atomic mass is 10.2. The van der Waals surface area contributed by atoms with Gasteiger partial charge in [-0.15, -0.1) is 0 Å². The van der Waals surface area contributed by atoms with Crippen molar-refractivity contribution in [1.29, 1.82) is 0 Å². The molecule has 142 valence electrons. The molecule has 2 aromatic rings. The van der Waals surface area contributed by atoms with Gasteiger partial charge in [0.05, 0.1) is 5.56 Å². The summed E-state index contributed by atoms with van der Waals surface area (Å²) in [5.41, 5.74) is 0.111. The minimum Gasteiger partial charge on any atom is -0.452 e. The Morgan fingerprint density at radius 1 is 0.852 bits per heavy atom. The maximum absolute atomic E-state index is 12.8. The molecule has 0 atom stereocenters. The van der Waals surface area contributed by atoms with Crippen molar-refractivity contribution in [3.8, 4) is 0 Å². The maximum Gasteiger partial charge on any atom is 0.471 e. The van der Waals surface area contributed by atoms with Crippen LogP contribution in [0.3, 0.4) is 0 Å². The molecule has 0 aliphatic rings. The number of rotatable bonds is 5. The van der Waals surface area contributed by atoms with Crippen LogP contribution in [0.15, 0.2) is 48.5 Å². The molecule has 0 saturated carbocycles. The van der Waals surface area contributed by atoms with Gasteiger partial charge >= 0.3 is 18.1 Å². The Kier molecular flexibility index (Phi) is 6.11. The van der Waals surface area contributed by atoms with Crippen LogP contribution < -0.4 is 10.6 Å². The fourth-order valence-electron chi connectivity index (χ4n) is 1.84. The normalized spacial score (nSPS) is 10.8. The Bertz CT molecular complexity index is 834. The van der Waals surface area contributed by atoms with Crippen molar-refractivity contribution < 1.29 is 36.7 Å². The summed E-state index contributed by atoms with van der Waals surface area (Å²) in [5, 5.41) is 4.01. The van der Waals surface area contributed by atoms with Gasteiger partial charge < -0.3 is 15.4 Å². The summed E-state index contributed by atoms with van der Waals surface area (Å²) in [7, 11) is 0. The topological polar surface area (TPSA) is 84.5 Å². The van der Waals surface area contributed by atoms with E-state index in [1.807, 2.05) is 0 Å². The van der Waals surface area contributed by atoms with Crippen molar-refractivity contribution in [2.75, 3.05) is 17.2 Å². The summed E-state index contributed by atoms with van der Waals surface area (Å²) < 4.78 is 54.0. The highest BCUT2D eigenvalue weighted by molar-refractivity contribution is 5.97. The summed E-state index contributed by atoms with van der Waals surface area (Å²) in [6, 6.07) is 9.35. The summed E-state index contributed by atoms with van der Waals surface area (Å²) in [6.07, 6.45) is -5.03. The molecule has 10 heteroatoms. The third-order valence-electron chi connectivity index (χ3n) is 3.10. The molecule has 0 bridgehead atoms. The fraction of sp³-hybridized carbons (Fsp3) is 0.118. The Hall–Kier alpha value is -3.43. The van der Waals surface area contributed by atoms with Crippen LogP contribution in [0.2, 0.25) is 0 Å². The smallest absolute Gasteiger partial charge is 0.452 e. The standard InChI is InChI=1S/C17H12F4N2O4/c18-11-3-7-12(8-4-11)22-14(24)9-27-15(25)10-1-5-13(6-2-10)23-16(26)17(19,20)21/h1-8H,9H2,(H,22,24)(H,23,26). The SMILES string of the molecule is O=C(COC(=O)c1ccc(NC(=O)C(F)(F)F)cc1)Nc1ccc(F)cc1. The number of esters is 1. The average molecular weight is 384 g/mol. The summed E-state index contributed by atoms with van der Waals surface area (Å²) in [6.45, 7) is -0.622. The van der Waals surface area contributed by atoms with Gasteiger partial charge in [-0.1, -0.05) is 0 Å². The van der Waals surface area contributed by atoms with Gasteiger partial charge in [0.2, 0.25) is 0 Å². The molecule has 0 spiro atoms. The molecule has 2 rings (SSSR count). The predicted octanol–water partition coefficient (Wildman–Crippen LogP) is 3.12. The van der Waals surface area contributed by atoms with Gasteiger partial charge in [-0.25, -0.2) is 9.18 Å². The molecule has 2 amide bonds. The molecular formula is C17H12F4N2O4. The second kappa shape index (κ2) is 8.30. The number of hydrogen-bond donors (Lipinski definition) is 2. The molecule has 0 fully saturated rings. The molecule has 0 unspecified atom stereocenters. The number of ether oxygens (including phenoxy) is 1. The number of carbonyl (C=O) groups excluding carboxylic acids is 3. The van der Waals surface area contributed by atoms with E-state index in [0.29, 0.717) is 5.69 Å². The van der Waals surface area contributed by atoms with E-state index in [0.717, 1.165) is 36.4 Å². The van der Waals surface area contributed by atoms with Crippen LogP contribution in [-0.4, -0.2) is 30.6 Å². The molecule has 0 saturated heterocycles. The van der Waals surface area contributed by atoms with E-state index in [4.69, 9.17) is 4.74 Å². The highest BCUT2D eigenvalue weighted by atomic mass is 19.4. The molecule has 0 aliphatic carbocycles. The minimum absolute atomic E-state index is 0.0328. The van der Waals surface area contributed by atoms with Crippen molar-refractivity contribution in [1.82, 2.24) is 0 Å². The average Bonchev–Trinajstić information content (AvgIpc) is 2.61. The zero-order chi connectivity index (χ0) is 20.0. The number of benzene rings is 2. The predicted molar refractivity (Wildman–Crippen MR) is 86.4 cm³/mol. The van der Waals surface area contributed by atoms with Crippen LogP contribution in [0, 0.1) is 5.82 Å². The quantitative estimate of drug-likeness (QED) is 0.613. The largest absolute Gasteiger partial charge is 0.471 e. The third-order valence-corrected chi connectivity index (χ3v) is 3.10. The van der Waals surface area contributed by atoms with Crippen molar-refractivity contribution in [3.63, 3.8) is 0 Å². The van der Waals surface area contributed by atoms with Crippen LogP contribution in [0.5, 0.6) is 0 Å². The van der Waals surface area contributed by atoms with Gasteiger partial charge in [-0.3, -0.25) is 9.59 Å². The van der Waals surface area contributed by atoms with Crippen molar-refractivity contribution in [2.24, 2.45) is 0 Å². The summed E-state index contributed by atoms with van der Waals surface area (Å²) >= 11 is 0. The molecule has 0 heterocycles. The highest BCUT2D eigenvalue weighted by Crippen LogP contribution is 2.18. The number of hydrogen-bond acceptors (Lipinski definition) is 4. The number of anilines is 2. The van der Waals surface area contributed by atoms with E-state index in [1.165, 1.54) is 12.1 Å². The first-order chi connectivity index (χ1) is 12.6. The zero-order valence-electron chi connectivity index (χ0n) is 13.5. The first kappa shape index (κ1) is 19.9. The van der Waals surface area contributed by atoms with Crippen LogP contribution >= 0.6 is 0 Å². The van der Waals surface area contributed by atoms with Crippen LogP contribution in [0.4, 0.5) is 28.9 Å². The van der Waals surface area contributed by atoms with Crippen LogP contribution in [-0.2, 0) is 14.3 Å². The molecule has 27 heavy (non-hydrogen) atoms. The van der Waals surface area contributed by atoms with E-state index in [9.17, 15) is 31.9 Å². The molecular weight excluding hydrogens is 372 g/mol. The molecule has 0 aliphatic heterocycles. The van der Waals surface area contributed by atoms with Crippen molar-refractivity contribution in [2.45, 2.75) is 6.18 Å². The van der Waals surface area contributed by atoms with Crippen molar-refractivity contribution in [3.05, 3.63) is 59.9 Å². The van der Waals surface area contributed by atoms with Crippen LogP contribution in [0.25, 0.3) is 0 Å². The van der Waals surface area contributed by atoms with Gasteiger partial charge in [0.1, 0.15) is 5.82 Å². The van der Waals surface area contributed by atoms with Gasteiger partial charge in [0.25, 0.3) is 5.91 Å². The summed E-state index contributed by atoms with van der Waals surface area (Å²) in [5.74, 6) is -4.17. The monoisotopic (exact) mass is 384 g/mol. The number of amides is 2. The lowest BCUT2D eigenvalue weighted by Gasteiger charge is -2.09. The Labute approximate surface area is 150 Å². The second-order valence-electron chi connectivity index (χ2n) is 5.16. The third kappa shape index (κ3) is 6.10. The fourth-order valence-corrected chi connectivity index (χ4v) is 1.84. The molecule has 0 radical (unpaired) electrons. The summed E-state index contributed by atoms with van der Waals surface area (Å²) in [4.78, 5) is 34.3.